The largest absolute Gasteiger partial charge is 0.393 e. The highest BCUT2D eigenvalue weighted by atomic mass is 35.5. The van der Waals surface area contributed by atoms with Crippen LogP contribution in [-0.4, -0.2) is 37.2 Å². The van der Waals surface area contributed by atoms with Crippen LogP contribution in [0.5, 0.6) is 0 Å². The maximum atomic E-state index is 9.87. The predicted molar refractivity (Wildman–Crippen MR) is 93.6 cm³/mol. The van der Waals surface area contributed by atoms with Gasteiger partial charge < -0.3 is 15.4 Å². The summed E-state index contributed by atoms with van der Waals surface area (Å²) in [6.45, 7) is 3.97. The van der Waals surface area contributed by atoms with Crippen LogP contribution in [0.1, 0.15) is 12.8 Å². The number of H-pyrrole nitrogens is 1. The Morgan fingerprint density at radius 2 is 2.17 bits per heavy atom. The van der Waals surface area contributed by atoms with Crippen molar-refractivity contribution in [1.82, 2.24) is 19.9 Å². The number of fused-ring (bicyclic) bond motifs is 1. The number of aromatic amines is 1. The lowest BCUT2D eigenvalue weighted by Crippen LogP contribution is -2.17. The number of halogens is 1. The van der Waals surface area contributed by atoms with Crippen LogP contribution in [0.3, 0.4) is 0 Å². The first-order chi connectivity index (χ1) is 11.6. The van der Waals surface area contributed by atoms with Crippen molar-refractivity contribution in [2.45, 2.75) is 25.0 Å². The highest BCUT2D eigenvalue weighted by Gasteiger charge is 2.30. The van der Waals surface area contributed by atoms with Crippen LogP contribution < -0.4 is 5.32 Å². The molecular weight excluding hydrogens is 326 g/mol. The minimum absolute atomic E-state index is 0.0426. The lowest BCUT2D eigenvalue weighted by atomic mass is 10.1. The summed E-state index contributed by atoms with van der Waals surface area (Å²) in [5, 5.41) is 13.9. The summed E-state index contributed by atoms with van der Waals surface area (Å²) in [4.78, 5) is 16.4. The highest BCUT2D eigenvalue weighted by Crippen LogP contribution is 2.30. The first-order valence-electron chi connectivity index (χ1n) is 7.84. The van der Waals surface area contributed by atoms with Crippen molar-refractivity contribution >= 4 is 28.6 Å². The number of aromatic nitrogens is 4. The maximum absolute atomic E-state index is 9.87. The predicted octanol–water partition coefficient (Wildman–Crippen LogP) is 3.06. The smallest absolute Gasteiger partial charge is 0.163 e. The normalized spacial score (nSPS) is 23.7. The van der Waals surface area contributed by atoms with Gasteiger partial charge in [0.1, 0.15) is 12.2 Å². The van der Waals surface area contributed by atoms with E-state index < -0.39 is 0 Å². The van der Waals surface area contributed by atoms with E-state index in [-0.39, 0.29) is 18.1 Å². The summed E-state index contributed by atoms with van der Waals surface area (Å²) in [5.74, 6) is 1.40. The molecule has 0 bridgehead atoms. The number of imidazole rings is 1. The Balaban J connectivity index is 1.67. The first kappa shape index (κ1) is 15.4. The molecule has 0 aliphatic heterocycles. The van der Waals surface area contributed by atoms with Gasteiger partial charge in [-0.25, -0.2) is 15.0 Å². The van der Waals surface area contributed by atoms with Gasteiger partial charge in [-0.05, 0) is 37.8 Å². The van der Waals surface area contributed by atoms with Crippen LogP contribution in [0.25, 0.3) is 22.6 Å². The fourth-order valence-electron chi connectivity index (χ4n) is 3.12. The van der Waals surface area contributed by atoms with Crippen LogP contribution in [0, 0.1) is 12.8 Å². The Labute approximate surface area is 144 Å². The van der Waals surface area contributed by atoms with E-state index >= 15 is 0 Å². The van der Waals surface area contributed by atoms with Crippen LogP contribution in [0.2, 0.25) is 5.02 Å². The highest BCUT2D eigenvalue weighted by molar-refractivity contribution is 6.30. The van der Waals surface area contributed by atoms with Crippen LogP contribution in [-0.2, 0) is 0 Å². The van der Waals surface area contributed by atoms with Gasteiger partial charge in [0.15, 0.2) is 17.0 Å². The number of nitrogens with zero attached hydrogens (tertiary/aromatic N) is 3. The van der Waals surface area contributed by atoms with Crippen molar-refractivity contribution in [2.75, 3.05) is 5.32 Å². The molecule has 24 heavy (non-hydrogen) atoms. The Bertz CT molecular complexity index is 870. The third kappa shape index (κ3) is 2.83. The second-order valence-electron chi connectivity index (χ2n) is 6.16. The number of hydrogen-bond acceptors (Lipinski definition) is 5. The molecule has 1 aliphatic carbocycles. The summed E-state index contributed by atoms with van der Waals surface area (Å²) in [5.41, 5.74) is 2.22. The van der Waals surface area contributed by atoms with E-state index in [1.807, 2.05) is 24.3 Å². The molecule has 6 nitrogen and oxygen atoms in total. The van der Waals surface area contributed by atoms with Crippen molar-refractivity contribution in [3.8, 4) is 11.4 Å². The quantitative estimate of drug-likeness (QED) is 0.681. The third-order valence-electron chi connectivity index (χ3n) is 4.38. The van der Waals surface area contributed by atoms with Gasteiger partial charge in [-0.1, -0.05) is 23.7 Å². The second kappa shape index (κ2) is 6.03. The van der Waals surface area contributed by atoms with E-state index in [0.717, 1.165) is 12.0 Å². The fraction of sp³-hybridized carbons (Fsp3) is 0.294. The number of nitrogens with one attached hydrogen (secondary N) is 2. The Hall–Kier alpha value is -2.18. The molecule has 4 rings (SSSR count). The Kier molecular flexibility index (Phi) is 3.86. The second-order valence-corrected chi connectivity index (χ2v) is 6.59. The van der Waals surface area contributed by atoms with Gasteiger partial charge in [0.25, 0.3) is 0 Å². The summed E-state index contributed by atoms with van der Waals surface area (Å²) < 4.78 is 0. The standard InChI is InChI=1S/C17H17ClN5O/c1-9-5-12(7-13(9)24)21-16-14-17(20-8-19-16)23-15(22-14)10-3-2-4-11(18)6-10/h2-4,6,8-9,12-13,24H,1,5,7H2,(H2,19,20,21,22,23)/t9-,12+,13-/m0/s1. The number of hydrogen-bond donors (Lipinski definition) is 3. The van der Waals surface area contributed by atoms with Crippen molar-refractivity contribution in [2.24, 2.45) is 5.92 Å². The minimum Gasteiger partial charge on any atom is -0.393 e. The molecule has 1 fully saturated rings. The molecule has 0 spiro atoms. The first-order valence-corrected chi connectivity index (χ1v) is 8.22. The average molecular weight is 343 g/mol. The van der Waals surface area contributed by atoms with E-state index in [9.17, 15) is 5.11 Å². The van der Waals surface area contributed by atoms with Crippen LogP contribution in [0.15, 0.2) is 30.6 Å². The molecule has 7 heteroatoms. The van der Waals surface area contributed by atoms with Crippen molar-refractivity contribution in [3.63, 3.8) is 0 Å². The number of anilines is 1. The molecule has 1 aromatic carbocycles. The zero-order valence-corrected chi connectivity index (χ0v) is 13.7. The van der Waals surface area contributed by atoms with Gasteiger partial charge in [-0.3, -0.25) is 0 Å². The van der Waals surface area contributed by atoms with E-state index in [2.05, 4.69) is 32.2 Å². The molecular formula is C17H17ClN5O. The van der Waals surface area contributed by atoms with E-state index in [1.165, 1.54) is 6.33 Å². The zero-order valence-electron chi connectivity index (χ0n) is 12.9. The lowest BCUT2D eigenvalue weighted by Gasteiger charge is -2.12. The topological polar surface area (TPSA) is 86.7 Å². The monoisotopic (exact) mass is 342 g/mol. The van der Waals surface area contributed by atoms with Crippen LogP contribution in [0.4, 0.5) is 5.82 Å². The summed E-state index contributed by atoms with van der Waals surface area (Å²) in [6, 6.07) is 7.61. The van der Waals surface area contributed by atoms with Gasteiger partial charge in [0.2, 0.25) is 0 Å². The number of aliphatic hydroxyl groups excluding tert-OH is 1. The van der Waals surface area contributed by atoms with Gasteiger partial charge in [0, 0.05) is 16.6 Å². The van der Waals surface area contributed by atoms with Gasteiger partial charge in [0.05, 0.1) is 6.10 Å². The van der Waals surface area contributed by atoms with Crippen LogP contribution >= 0.6 is 11.6 Å². The Morgan fingerprint density at radius 3 is 2.92 bits per heavy atom. The van der Waals surface area contributed by atoms with Crippen molar-refractivity contribution in [3.05, 3.63) is 42.5 Å². The maximum Gasteiger partial charge on any atom is 0.163 e. The van der Waals surface area contributed by atoms with E-state index in [1.54, 1.807) is 0 Å². The summed E-state index contributed by atoms with van der Waals surface area (Å²) in [7, 11) is 0. The fourth-order valence-corrected chi connectivity index (χ4v) is 3.31. The van der Waals surface area contributed by atoms with E-state index in [4.69, 9.17) is 11.6 Å². The minimum atomic E-state index is -0.374. The number of benzene rings is 1. The van der Waals surface area contributed by atoms with Gasteiger partial charge in [-0.15, -0.1) is 0 Å². The SMILES string of the molecule is [CH2][C@H]1C[C@@H](Nc2ncnc3[nH]c(-c4cccc(Cl)c4)nc23)C[C@@H]1O. The molecule has 3 N–H and O–H groups in total. The summed E-state index contributed by atoms with van der Waals surface area (Å²) in [6.07, 6.45) is 2.59. The molecule has 1 radical (unpaired) electrons. The zero-order chi connectivity index (χ0) is 16.7. The molecule has 1 saturated carbocycles. The summed E-state index contributed by atoms with van der Waals surface area (Å²) >= 11 is 6.05. The number of aliphatic hydroxyl groups is 1. The molecule has 0 unspecified atom stereocenters. The molecule has 123 valence electrons. The lowest BCUT2D eigenvalue weighted by molar-refractivity contribution is 0.151. The van der Waals surface area contributed by atoms with Crippen molar-refractivity contribution < 1.29 is 5.11 Å². The Morgan fingerprint density at radius 1 is 1.29 bits per heavy atom. The third-order valence-corrected chi connectivity index (χ3v) is 4.61. The molecule has 2 heterocycles. The average Bonchev–Trinajstić information content (AvgIpc) is 3.12. The van der Waals surface area contributed by atoms with Gasteiger partial charge in [-0.2, -0.15) is 0 Å². The molecule has 0 saturated heterocycles. The molecule has 0 amide bonds. The molecule has 1 aliphatic rings. The van der Waals surface area contributed by atoms with E-state index in [0.29, 0.717) is 34.2 Å². The molecule has 3 aromatic rings. The number of rotatable bonds is 3. The van der Waals surface area contributed by atoms with Crippen molar-refractivity contribution in [1.29, 1.82) is 0 Å². The molecule has 3 atom stereocenters. The van der Waals surface area contributed by atoms with Gasteiger partial charge >= 0.3 is 0 Å². The molecule has 2 aromatic heterocycles.